The summed E-state index contributed by atoms with van der Waals surface area (Å²) in [5, 5.41) is 11.5. The van der Waals surface area contributed by atoms with Gasteiger partial charge in [0.05, 0.1) is 16.9 Å². The zero-order valence-electron chi connectivity index (χ0n) is 22.3. The van der Waals surface area contributed by atoms with Gasteiger partial charge in [-0.15, -0.1) is 5.10 Å². The molecule has 1 N–H and O–H groups in total. The fraction of sp³-hybridized carbons (Fsp3) is 0.880. The minimum Gasteiger partial charge on any atom is -0.375 e. The average Bonchev–Trinajstić information content (AvgIpc) is 3.05. The first-order valence-electron chi connectivity index (χ1n) is 12.0. The van der Waals surface area contributed by atoms with Crippen LogP contribution in [0, 0.1) is 10.8 Å². The Kier molecular flexibility index (Phi) is 10.3. The predicted molar refractivity (Wildman–Crippen MR) is 130 cm³/mol. The van der Waals surface area contributed by atoms with Gasteiger partial charge in [-0.25, -0.2) is 0 Å². The van der Waals surface area contributed by atoms with E-state index in [-0.39, 0.29) is 22.5 Å². The molecule has 1 heterocycles. The van der Waals surface area contributed by atoms with Crippen LogP contribution in [0.4, 0.5) is 0 Å². The van der Waals surface area contributed by atoms with Crippen molar-refractivity contribution in [2.75, 3.05) is 19.8 Å². The van der Waals surface area contributed by atoms with Crippen LogP contribution in [0.3, 0.4) is 0 Å². The highest BCUT2D eigenvalue weighted by molar-refractivity contribution is 5.81. The number of nitrogens with zero attached hydrogens (tertiary/aromatic N) is 3. The molecule has 1 aromatic rings. The van der Waals surface area contributed by atoms with Crippen molar-refractivity contribution < 1.29 is 14.3 Å². The summed E-state index contributed by atoms with van der Waals surface area (Å²) in [6.45, 7) is 23.6. The van der Waals surface area contributed by atoms with E-state index in [1.165, 1.54) is 0 Å². The van der Waals surface area contributed by atoms with Gasteiger partial charge >= 0.3 is 0 Å². The average molecular weight is 453 g/mol. The molecular weight excluding hydrogens is 404 g/mol. The first-order valence-corrected chi connectivity index (χ1v) is 12.0. The zero-order valence-corrected chi connectivity index (χ0v) is 22.3. The maximum absolute atomic E-state index is 12.2. The number of rotatable bonds is 14. The van der Waals surface area contributed by atoms with E-state index in [2.05, 4.69) is 64.1 Å². The molecule has 0 bridgehead atoms. The summed E-state index contributed by atoms with van der Waals surface area (Å²) in [5.41, 5.74) is 0.161. The summed E-state index contributed by atoms with van der Waals surface area (Å²) < 4.78 is 14.1. The van der Waals surface area contributed by atoms with Gasteiger partial charge in [-0.2, -0.15) is 0 Å². The number of carbonyl (C=O) groups excluding carboxylic acids is 1. The SMILES string of the molecule is CCNC(=O)C(C)(C)CCOC(C)(C)Cc1cn(CCC(C)(C)OCCC(C)(C)C)nn1. The zero-order chi connectivity index (χ0) is 24.6. The molecule has 0 aliphatic heterocycles. The van der Waals surface area contributed by atoms with E-state index in [9.17, 15) is 4.79 Å². The molecule has 0 saturated carbocycles. The lowest BCUT2D eigenvalue weighted by molar-refractivity contribution is -0.131. The van der Waals surface area contributed by atoms with E-state index in [0.29, 0.717) is 26.0 Å². The van der Waals surface area contributed by atoms with E-state index in [0.717, 1.165) is 31.7 Å². The van der Waals surface area contributed by atoms with Crippen molar-refractivity contribution >= 4 is 5.91 Å². The molecule has 32 heavy (non-hydrogen) atoms. The maximum atomic E-state index is 12.2. The van der Waals surface area contributed by atoms with E-state index >= 15 is 0 Å². The number of ether oxygens (including phenoxy) is 2. The van der Waals surface area contributed by atoms with Crippen molar-refractivity contribution in [3.8, 4) is 0 Å². The topological polar surface area (TPSA) is 78.3 Å². The fourth-order valence-electron chi connectivity index (χ4n) is 3.20. The van der Waals surface area contributed by atoms with Gasteiger partial charge in [-0.3, -0.25) is 9.48 Å². The van der Waals surface area contributed by atoms with Crippen LogP contribution >= 0.6 is 0 Å². The van der Waals surface area contributed by atoms with Gasteiger partial charge < -0.3 is 14.8 Å². The number of aryl methyl sites for hydroxylation is 1. The van der Waals surface area contributed by atoms with Crippen molar-refractivity contribution in [2.24, 2.45) is 10.8 Å². The van der Waals surface area contributed by atoms with Crippen molar-refractivity contribution in [1.82, 2.24) is 20.3 Å². The van der Waals surface area contributed by atoms with E-state index < -0.39 is 5.41 Å². The quantitative estimate of drug-likeness (QED) is 0.439. The normalized spacial score (nSPS) is 13.4. The number of hydrogen-bond acceptors (Lipinski definition) is 5. The first-order chi connectivity index (χ1) is 14.6. The Balaban J connectivity index is 2.48. The van der Waals surface area contributed by atoms with Crippen LogP contribution in [0.25, 0.3) is 0 Å². The van der Waals surface area contributed by atoms with Gasteiger partial charge in [0.15, 0.2) is 0 Å². The Morgan fingerprint density at radius 2 is 1.53 bits per heavy atom. The van der Waals surface area contributed by atoms with E-state index in [1.807, 2.05) is 31.6 Å². The van der Waals surface area contributed by atoms with Crippen molar-refractivity contribution in [3.63, 3.8) is 0 Å². The minimum absolute atomic E-state index is 0.0645. The lowest BCUT2D eigenvalue weighted by atomic mass is 9.88. The molecule has 0 radical (unpaired) electrons. The molecule has 0 fully saturated rings. The Morgan fingerprint density at radius 3 is 2.12 bits per heavy atom. The third-order valence-corrected chi connectivity index (χ3v) is 5.65. The van der Waals surface area contributed by atoms with Gasteiger partial charge in [0.25, 0.3) is 0 Å². The lowest BCUT2D eigenvalue weighted by Gasteiger charge is -2.28. The number of aromatic nitrogens is 3. The van der Waals surface area contributed by atoms with Gasteiger partial charge in [0.1, 0.15) is 0 Å². The van der Waals surface area contributed by atoms with Crippen molar-refractivity contribution in [1.29, 1.82) is 0 Å². The van der Waals surface area contributed by atoms with E-state index in [1.54, 1.807) is 0 Å². The largest absolute Gasteiger partial charge is 0.375 e. The Morgan fingerprint density at radius 1 is 0.938 bits per heavy atom. The highest BCUT2D eigenvalue weighted by Gasteiger charge is 2.29. The molecule has 0 saturated heterocycles. The summed E-state index contributed by atoms with van der Waals surface area (Å²) in [4.78, 5) is 12.2. The molecule has 1 rings (SSSR count). The third-order valence-electron chi connectivity index (χ3n) is 5.65. The van der Waals surface area contributed by atoms with Crippen molar-refractivity contribution in [3.05, 3.63) is 11.9 Å². The van der Waals surface area contributed by atoms with Crippen LogP contribution in [0.2, 0.25) is 0 Å². The first kappa shape index (κ1) is 28.6. The minimum atomic E-state index is -0.447. The number of carbonyl (C=O) groups is 1. The monoisotopic (exact) mass is 452 g/mol. The van der Waals surface area contributed by atoms with Crippen LogP contribution in [-0.2, 0) is 27.2 Å². The molecule has 7 nitrogen and oxygen atoms in total. The number of amides is 1. The maximum Gasteiger partial charge on any atom is 0.225 e. The molecule has 0 atom stereocenters. The Bertz CT molecular complexity index is 702. The molecule has 0 unspecified atom stereocenters. The van der Waals surface area contributed by atoms with E-state index in [4.69, 9.17) is 9.47 Å². The van der Waals surface area contributed by atoms with Crippen LogP contribution < -0.4 is 5.32 Å². The lowest BCUT2D eigenvalue weighted by Crippen LogP contribution is -2.38. The fourth-order valence-corrected chi connectivity index (χ4v) is 3.20. The number of nitrogens with one attached hydrogen (secondary N) is 1. The van der Waals surface area contributed by atoms with Crippen LogP contribution in [0.15, 0.2) is 6.20 Å². The molecule has 7 heteroatoms. The second-order valence-corrected chi connectivity index (χ2v) is 11.9. The molecule has 0 aromatic carbocycles. The summed E-state index contributed by atoms with van der Waals surface area (Å²) in [6, 6.07) is 0. The van der Waals surface area contributed by atoms with Gasteiger partial charge in [-0.1, -0.05) is 39.8 Å². The highest BCUT2D eigenvalue weighted by Crippen LogP contribution is 2.24. The molecule has 0 spiro atoms. The second kappa shape index (κ2) is 11.6. The van der Waals surface area contributed by atoms with Crippen LogP contribution in [0.1, 0.15) is 94.2 Å². The highest BCUT2D eigenvalue weighted by atomic mass is 16.5. The number of hydrogen-bond donors (Lipinski definition) is 1. The molecule has 1 amide bonds. The molecule has 1 aromatic heterocycles. The van der Waals surface area contributed by atoms with Gasteiger partial charge in [0, 0.05) is 44.3 Å². The Labute approximate surface area is 196 Å². The van der Waals surface area contributed by atoms with Crippen LogP contribution in [-0.4, -0.2) is 51.9 Å². The summed E-state index contributed by atoms with van der Waals surface area (Å²) in [7, 11) is 0. The summed E-state index contributed by atoms with van der Waals surface area (Å²) >= 11 is 0. The van der Waals surface area contributed by atoms with Crippen LogP contribution in [0.5, 0.6) is 0 Å². The molecule has 186 valence electrons. The predicted octanol–water partition coefficient (Wildman–Crippen LogP) is 4.79. The molecule has 0 aliphatic rings. The van der Waals surface area contributed by atoms with Gasteiger partial charge in [-0.05, 0) is 59.3 Å². The second-order valence-electron chi connectivity index (χ2n) is 11.9. The smallest absolute Gasteiger partial charge is 0.225 e. The van der Waals surface area contributed by atoms with Gasteiger partial charge in [0.2, 0.25) is 5.91 Å². The summed E-state index contributed by atoms with van der Waals surface area (Å²) in [5.74, 6) is 0.0645. The molecule has 0 aliphatic carbocycles. The summed E-state index contributed by atoms with van der Waals surface area (Å²) in [6.07, 6.45) is 5.24. The van der Waals surface area contributed by atoms with Crippen molar-refractivity contribution in [2.45, 2.75) is 113 Å². The third kappa shape index (κ3) is 11.4. The molecular formula is C25H48N4O3. The Hall–Kier alpha value is -1.47. The standard InChI is InChI=1S/C25H48N4O3/c1-11-26-21(30)23(5,6)14-17-32-25(9,10)18-20-19-29(28-27-20)15-12-24(7,8)31-16-13-22(2,3)4/h19H,11-18H2,1-10H3,(H,26,30).